The van der Waals surface area contributed by atoms with Gasteiger partial charge in [-0.1, -0.05) is 6.92 Å². The molecular formula is C22H32N4O7. The highest BCUT2D eigenvalue weighted by Gasteiger charge is 2.44. The van der Waals surface area contributed by atoms with Crippen molar-refractivity contribution in [3.05, 3.63) is 0 Å². The molecule has 0 bridgehead atoms. The van der Waals surface area contributed by atoms with Crippen molar-refractivity contribution in [1.82, 2.24) is 20.0 Å². The van der Waals surface area contributed by atoms with Crippen molar-refractivity contribution in [2.75, 3.05) is 39.5 Å². The molecule has 0 aromatic heterocycles. The van der Waals surface area contributed by atoms with Gasteiger partial charge in [0.1, 0.15) is 30.8 Å². The Bertz CT molecular complexity index is 834. The molecular weight excluding hydrogens is 432 g/mol. The summed E-state index contributed by atoms with van der Waals surface area (Å²) in [6.07, 6.45) is 1.63. The summed E-state index contributed by atoms with van der Waals surface area (Å²) in [5.41, 5.74) is 0. The van der Waals surface area contributed by atoms with Crippen LogP contribution < -0.4 is 5.32 Å². The highest BCUT2D eigenvalue weighted by atomic mass is 16.5. The van der Waals surface area contributed by atoms with Gasteiger partial charge < -0.3 is 29.5 Å². The maximum Gasteiger partial charge on any atom is 0.328 e. The van der Waals surface area contributed by atoms with E-state index in [4.69, 9.17) is 9.47 Å². The molecule has 0 aromatic rings. The summed E-state index contributed by atoms with van der Waals surface area (Å²) in [5.74, 6) is -1.87. The number of hydrogen-bond donors (Lipinski definition) is 1. The number of hydrogen-bond acceptors (Lipinski definition) is 7. The van der Waals surface area contributed by atoms with Gasteiger partial charge in [0.15, 0.2) is 0 Å². The Morgan fingerprint density at radius 2 is 1.67 bits per heavy atom. The van der Waals surface area contributed by atoms with Crippen molar-refractivity contribution >= 4 is 29.6 Å². The number of morpholine rings is 1. The number of fused-ring (bicyclic) bond motifs is 3. The summed E-state index contributed by atoms with van der Waals surface area (Å²) in [6, 6.07) is -3.16. The van der Waals surface area contributed by atoms with Crippen molar-refractivity contribution < 1.29 is 33.4 Å². The van der Waals surface area contributed by atoms with E-state index in [1.54, 1.807) is 6.92 Å². The van der Waals surface area contributed by atoms with E-state index in [1.807, 2.05) is 6.92 Å². The number of esters is 1. The van der Waals surface area contributed by atoms with Gasteiger partial charge in [-0.2, -0.15) is 0 Å². The van der Waals surface area contributed by atoms with Gasteiger partial charge in [0.2, 0.25) is 23.6 Å². The van der Waals surface area contributed by atoms with Crippen LogP contribution in [0, 0.1) is 5.92 Å². The molecule has 4 rings (SSSR count). The van der Waals surface area contributed by atoms with E-state index in [1.165, 1.54) is 14.7 Å². The van der Waals surface area contributed by atoms with Crippen molar-refractivity contribution in [3.8, 4) is 0 Å². The van der Waals surface area contributed by atoms with Gasteiger partial charge in [0, 0.05) is 19.6 Å². The summed E-state index contributed by atoms with van der Waals surface area (Å²) in [7, 11) is 0. The average Bonchev–Trinajstić information content (AvgIpc) is 3.44. The molecule has 0 radical (unpaired) electrons. The molecule has 4 aliphatic heterocycles. The number of rotatable bonds is 0. The predicted molar refractivity (Wildman–Crippen MR) is 114 cm³/mol. The fourth-order valence-corrected chi connectivity index (χ4v) is 5.21. The van der Waals surface area contributed by atoms with Crippen LogP contribution in [0.3, 0.4) is 0 Å². The Kier molecular flexibility index (Phi) is 6.87. The molecule has 0 spiro atoms. The standard InChI is InChI=1S/C22H32N4O7/c1-13-10-16-22(31)33-8-5-18(27)24-6-3-4-15(24)21(30)25-7-9-32-12-17(25)19(28)23-14(2)20(29)26(16)11-13/h13-17H,3-12H2,1-2H3,(H,23,28)/t13-,14+,15+,16+,17+/m1/s1. The average molecular weight is 465 g/mol. The van der Waals surface area contributed by atoms with Gasteiger partial charge in [-0.15, -0.1) is 0 Å². The second-order valence-electron chi connectivity index (χ2n) is 9.36. The number of cyclic esters (lactones) is 1. The van der Waals surface area contributed by atoms with Gasteiger partial charge in [-0.05, 0) is 32.1 Å². The minimum atomic E-state index is -0.884. The van der Waals surface area contributed by atoms with Gasteiger partial charge in [-0.25, -0.2) is 4.79 Å². The third-order valence-electron chi connectivity index (χ3n) is 6.93. The zero-order chi connectivity index (χ0) is 23.7. The second kappa shape index (κ2) is 9.66. The third-order valence-corrected chi connectivity index (χ3v) is 6.93. The summed E-state index contributed by atoms with van der Waals surface area (Å²) in [6.45, 7) is 4.80. The van der Waals surface area contributed by atoms with Crippen LogP contribution in [0.15, 0.2) is 0 Å². The molecule has 1 N–H and O–H groups in total. The molecule has 11 nitrogen and oxygen atoms in total. The van der Waals surface area contributed by atoms with Crippen molar-refractivity contribution in [2.24, 2.45) is 5.92 Å². The van der Waals surface area contributed by atoms with E-state index in [2.05, 4.69) is 5.32 Å². The van der Waals surface area contributed by atoms with E-state index < -0.39 is 36.0 Å². The molecule has 4 amide bonds. The Balaban J connectivity index is 1.61. The maximum atomic E-state index is 13.4. The molecule has 4 saturated heterocycles. The number of carbonyl (C=O) groups is 5. The lowest BCUT2D eigenvalue weighted by molar-refractivity contribution is -0.158. The molecule has 11 heteroatoms. The third kappa shape index (κ3) is 4.68. The summed E-state index contributed by atoms with van der Waals surface area (Å²) in [4.78, 5) is 69.6. The van der Waals surface area contributed by atoms with Crippen molar-refractivity contribution in [3.63, 3.8) is 0 Å². The number of amides is 4. The van der Waals surface area contributed by atoms with E-state index >= 15 is 0 Å². The molecule has 0 unspecified atom stereocenters. The van der Waals surface area contributed by atoms with Crippen LogP contribution in [0.2, 0.25) is 0 Å². The lowest BCUT2D eigenvalue weighted by Crippen LogP contribution is -2.61. The van der Waals surface area contributed by atoms with Crippen LogP contribution in [-0.4, -0.2) is 108 Å². The molecule has 182 valence electrons. The van der Waals surface area contributed by atoms with Crippen LogP contribution in [0.5, 0.6) is 0 Å². The first-order chi connectivity index (χ1) is 15.8. The zero-order valence-corrected chi connectivity index (χ0v) is 19.2. The minimum Gasteiger partial charge on any atom is -0.464 e. The zero-order valence-electron chi connectivity index (χ0n) is 19.2. The normalized spacial score (nSPS) is 34.5. The predicted octanol–water partition coefficient (Wildman–Crippen LogP) is -1.11. The topological polar surface area (TPSA) is 126 Å². The van der Waals surface area contributed by atoms with Crippen LogP contribution >= 0.6 is 0 Å². The fourth-order valence-electron chi connectivity index (χ4n) is 5.21. The Labute approximate surface area is 192 Å². The SMILES string of the molecule is C[C@@H]1C[C@H]2C(=O)OCCC(=O)N3CCC[C@H]3C(=O)N3CCOC[C@H]3C(=O)N[C@@H](C)C(=O)N2C1. The van der Waals surface area contributed by atoms with E-state index in [-0.39, 0.29) is 49.8 Å². The summed E-state index contributed by atoms with van der Waals surface area (Å²) in [5, 5.41) is 2.71. The Morgan fingerprint density at radius 1 is 0.879 bits per heavy atom. The van der Waals surface area contributed by atoms with Crippen LogP contribution in [0.25, 0.3) is 0 Å². The number of carbonyl (C=O) groups excluding carboxylic acids is 5. The Hall–Kier alpha value is -2.69. The van der Waals surface area contributed by atoms with E-state index in [0.29, 0.717) is 39.0 Å². The second-order valence-corrected chi connectivity index (χ2v) is 9.36. The maximum absolute atomic E-state index is 13.4. The molecule has 4 fully saturated rings. The fraction of sp³-hybridized carbons (Fsp3) is 0.773. The van der Waals surface area contributed by atoms with Crippen LogP contribution in [0.4, 0.5) is 0 Å². The van der Waals surface area contributed by atoms with Gasteiger partial charge in [0.05, 0.1) is 19.6 Å². The summed E-state index contributed by atoms with van der Waals surface area (Å²) < 4.78 is 10.8. The molecule has 33 heavy (non-hydrogen) atoms. The first-order valence-corrected chi connectivity index (χ1v) is 11.7. The first kappa shape index (κ1) is 23.5. The van der Waals surface area contributed by atoms with Gasteiger partial charge in [0.25, 0.3) is 0 Å². The lowest BCUT2D eigenvalue weighted by Gasteiger charge is -2.38. The quantitative estimate of drug-likeness (QED) is 0.451. The molecule has 5 atom stereocenters. The minimum absolute atomic E-state index is 0.0227. The van der Waals surface area contributed by atoms with Gasteiger partial charge in [-0.3, -0.25) is 19.2 Å². The number of nitrogens with one attached hydrogen (secondary N) is 1. The molecule has 4 aliphatic rings. The highest BCUT2D eigenvalue weighted by molar-refractivity contribution is 5.95. The van der Waals surface area contributed by atoms with Crippen LogP contribution in [0.1, 0.15) is 39.5 Å². The van der Waals surface area contributed by atoms with Gasteiger partial charge >= 0.3 is 5.97 Å². The molecule has 0 aromatic carbocycles. The monoisotopic (exact) mass is 464 g/mol. The van der Waals surface area contributed by atoms with Crippen molar-refractivity contribution in [1.29, 1.82) is 0 Å². The largest absolute Gasteiger partial charge is 0.464 e. The summed E-state index contributed by atoms with van der Waals surface area (Å²) >= 11 is 0. The van der Waals surface area contributed by atoms with Crippen LogP contribution in [-0.2, 0) is 33.4 Å². The molecule has 0 aliphatic carbocycles. The Morgan fingerprint density at radius 3 is 2.45 bits per heavy atom. The lowest BCUT2D eigenvalue weighted by atomic mass is 10.1. The van der Waals surface area contributed by atoms with E-state index in [9.17, 15) is 24.0 Å². The molecule has 4 heterocycles. The molecule has 0 saturated carbocycles. The van der Waals surface area contributed by atoms with E-state index in [0.717, 1.165) is 0 Å². The van der Waals surface area contributed by atoms with Crippen molar-refractivity contribution in [2.45, 2.75) is 63.7 Å². The smallest absolute Gasteiger partial charge is 0.328 e. The first-order valence-electron chi connectivity index (χ1n) is 11.7. The number of nitrogens with zero attached hydrogens (tertiary/aromatic N) is 3. The number of ether oxygens (including phenoxy) is 2. The highest BCUT2D eigenvalue weighted by Crippen LogP contribution is 2.26.